The van der Waals surface area contributed by atoms with E-state index in [-0.39, 0.29) is 5.91 Å². The van der Waals surface area contributed by atoms with Crippen molar-refractivity contribution in [3.05, 3.63) is 55.0 Å². The van der Waals surface area contributed by atoms with Crippen LogP contribution in [0.5, 0.6) is 5.75 Å². The van der Waals surface area contributed by atoms with Crippen molar-refractivity contribution in [2.24, 2.45) is 0 Å². The standard InChI is InChI=1S/C15H12BrClINO2/c1-2-21-14-12(16)7-10(17)8-13(14)19-15(20)9-3-5-11(18)6-4-9/h3-8H,2H2,1H3,(H,19,20). The van der Waals surface area contributed by atoms with E-state index in [4.69, 9.17) is 16.3 Å². The normalized spacial score (nSPS) is 10.3. The van der Waals surface area contributed by atoms with Crippen LogP contribution in [0.3, 0.4) is 0 Å². The minimum atomic E-state index is -0.207. The van der Waals surface area contributed by atoms with E-state index in [1.165, 1.54) is 0 Å². The van der Waals surface area contributed by atoms with Gasteiger partial charge in [0.05, 0.1) is 16.8 Å². The summed E-state index contributed by atoms with van der Waals surface area (Å²) in [6.45, 7) is 2.37. The monoisotopic (exact) mass is 479 g/mol. The van der Waals surface area contributed by atoms with Gasteiger partial charge in [0, 0.05) is 14.2 Å². The predicted molar refractivity (Wildman–Crippen MR) is 97.4 cm³/mol. The molecule has 0 unspecified atom stereocenters. The third kappa shape index (κ3) is 4.34. The average Bonchev–Trinajstić information content (AvgIpc) is 2.43. The molecule has 0 fully saturated rings. The molecule has 3 nitrogen and oxygen atoms in total. The summed E-state index contributed by atoms with van der Waals surface area (Å²) in [5.74, 6) is 0.363. The maximum absolute atomic E-state index is 12.3. The first kappa shape index (κ1) is 16.6. The second kappa shape index (κ2) is 7.47. The Morgan fingerprint density at radius 1 is 1.33 bits per heavy atom. The molecule has 0 atom stereocenters. The number of hydrogen-bond acceptors (Lipinski definition) is 2. The number of carbonyl (C=O) groups is 1. The van der Waals surface area contributed by atoms with Crippen molar-refractivity contribution in [2.45, 2.75) is 6.92 Å². The number of halogens is 3. The maximum Gasteiger partial charge on any atom is 0.255 e. The first-order valence-electron chi connectivity index (χ1n) is 6.20. The van der Waals surface area contributed by atoms with E-state index in [0.29, 0.717) is 33.1 Å². The molecule has 0 radical (unpaired) electrons. The highest BCUT2D eigenvalue weighted by atomic mass is 127. The minimum absolute atomic E-state index is 0.207. The van der Waals surface area contributed by atoms with Crippen molar-refractivity contribution < 1.29 is 9.53 Å². The third-order valence-electron chi connectivity index (χ3n) is 2.65. The molecule has 1 amide bonds. The maximum atomic E-state index is 12.3. The molecule has 0 heterocycles. The molecule has 0 bridgehead atoms. The third-order valence-corrected chi connectivity index (χ3v) is 4.18. The fraction of sp³-hybridized carbons (Fsp3) is 0.133. The van der Waals surface area contributed by atoms with E-state index >= 15 is 0 Å². The van der Waals surface area contributed by atoms with Gasteiger partial charge in [-0.3, -0.25) is 4.79 Å². The van der Waals surface area contributed by atoms with E-state index < -0.39 is 0 Å². The lowest BCUT2D eigenvalue weighted by molar-refractivity contribution is 0.102. The number of amides is 1. The zero-order chi connectivity index (χ0) is 15.4. The molecular formula is C15H12BrClINO2. The van der Waals surface area contributed by atoms with Crippen LogP contribution in [0.1, 0.15) is 17.3 Å². The second-order valence-electron chi connectivity index (χ2n) is 4.16. The van der Waals surface area contributed by atoms with Crippen molar-refractivity contribution in [1.29, 1.82) is 0 Å². The van der Waals surface area contributed by atoms with Crippen molar-refractivity contribution in [3.8, 4) is 5.75 Å². The van der Waals surface area contributed by atoms with Gasteiger partial charge in [-0.25, -0.2) is 0 Å². The van der Waals surface area contributed by atoms with E-state index in [9.17, 15) is 4.79 Å². The van der Waals surface area contributed by atoms with E-state index in [1.54, 1.807) is 24.3 Å². The summed E-state index contributed by atoms with van der Waals surface area (Å²) in [6, 6.07) is 10.7. The molecule has 1 N–H and O–H groups in total. The van der Waals surface area contributed by atoms with Crippen LogP contribution in [0.15, 0.2) is 40.9 Å². The lowest BCUT2D eigenvalue weighted by atomic mass is 10.2. The fourth-order valence-electron chi connectivity index (χ4n) is 1.74. The van der Waals surface area contributed by atoms with E-state index in [0.717, 1.165) is 3.57 Å². The Morgan fingerprint density at radius 2 is 2.00 bits per heavy atom. The smallest absolute Gasteiger partial charge is 0.255 e. The van der Waals surface area contributed by atoms with Crippen LogP contribution >= 0.6 is 50.1 Å². The van der Waals surface area contributed by atoms with Gasteiger partial charge >= 0.3 is 0 Å². The van der Waals surface area contributed by atoms with Gasteiger partial charge < -0.3 is 10.1 Å². The van der Waals surface area contributed by atoms with Crippen LogP contribution in [0.2, 0.25) is 5.02 Å². The summed E-state index contributed by atoms with van der Waals surface area (Å²) >= 11 is 11.6. The Labute approximate surface area is 150 Å². The van der Waals surface area contributed by atoms with Crippen molar-refractivity contribution in [1.82, 2.24) is 0 Å². The Kier molecular flexibility index (Phi) is 5.89. The first-order valence-corrected chi connectivity index (χ1v) is 8.45. The molecule has 2 rings (SSSR count). The van der Waals surface area contributed by atoms with Crippen LogP contribution in [0.4, 0.5) is 5.69 Å². The molecule has 0 saturated heterocycles. The number of carbonyl (C=O) groups excluding carboxylic acids is 1. The zero-order valence-corrected chi connectivity index (χ0v) is 15.6. The Balaban J connectivity index is 2.29. The van der Waals surface area contributed by atoms with Gasteiger partial charge in [0.2, 0.25) is 0 Å². The zero-order valence-electron chi connectivity index (χ0n) is 11.1. The van der Waals surface area contributed by atoms with E-state index in [2.05, 4.69) is 43.8 Å². The number of hydrogen-bond donors (Lipinski definition) is 1. The van der Waals surface area contributed by atoms with E-state index in [1.807, 2.05) is 19.1 Å². The number of nitrogens with one attached hydrogen (secondary N) is 1. The molecule has 21 heavy (non-hydrogen) atoms. The molecule has 0 aromatic heterocycles. The summed E-state index contributed by atoms with van der Waals surface area (Å²) in [4.78, 5) is 12.3. The highest BCUT2D eigenvalue weighted by Gasteiger charge is 2.14. The molecular weight excluding hydrogens is 468 g/mol. The first-order chi connectivity index (χ1) is 10.0. The number of benzene rings is 2. The van der Waals surface area contributed by atoms with Gasteiger partial charge in [0.15, 0.2) is 5.75 Å². The predicted octanol–water partition coefficient (Wildman–Crippen LogP) is 5.36. The van der Waals surface area contributed by atoms with Crippen molar-refractivity contribution >= 4 is 61.7 Å². The number of rotatable bonds is 4. The summed E-state index contributed by atoms with van der Waals surface area (Å²) in [6.07, 6.45) is 0. The van der Waals surface area contributed by atoms with Crippen LogP contribution in [-0.4, -0.2) is 12.5 Å². The van der Waals surface area contributed by atoms with Gasteiger partial charge in [-0.15, -0.1) is 0 Å². The molecule has 0 aliphatic heterocycles. The van der Waals surface area contributed by atoms with Crippen LogP contribution in [0.25, 0.3) is 0 Å². The van der Waals surface area contributed by atoms with Gasteiger partial charge in [-0.1, -0.05) is 11.6 Å². The topological polar surface area (TPSA) is 38.3 Å². The van der Waals surface area contributed by atoms with Gasteiger partial charge in [0.1, 0.15) is 0 Å². The molecule has 110 valence electrons. The molecule has 0 aliphatic carbocycles. The number of ether oxygens (including phenoxy) is 1. The lowest BCUT2D eigenvalue weighted by Gasteiger charge is -2.14. The summed E-state index contributed by atoms with van der Waals surface area (Å²) in [7, 11) is 0. The fourth-order valence-corrected chi connectivity index (χ4v) is 3.02. The summed E-state index contributed by atoms with van der Waals surface area (Å²) < 4.78 is 7.33. The van der Waals surface area contributed by atoms with Crippen LogP contribution in [0, 0.1) is 3.57 Å². The molecule has 0 spiro atoms. The molecule has 0 saturated carbocycles. The van der Waals surface area contributed by atoms with Gasteiger partial charge in [-0.2, -0.15) is 0 Å². The van der Waals surface area contributed by atoms with Crippen molar-refractivity contribution in [3.63, 3.8) is 0 Å². The highest BCUT2D eigenvalue weighted by Crippen LogP contribution is 2.36. The Morgan fingerprint density at radius 3 is 2.62 bits per heavy atom. The highest BCUT2D eigenvalue weighted by molar-refractivity contribution is 14.1. The van der Waals surface area contributed by atoms with Gasteiger partial charge in [0.25, 0.3) is 5.91 Å². The molecule has 2 aromatic carbocycles. The van der Waals surface area contributed by atoms with Gasteiger partial charge in [-0.05, 0) is 81.8 Å². The van der Waals surface area contributed by atoms with Crippen molar-refractivity contribution in [2.75, 3.05) is 11.9 Å². The Hall–Kier alpha value is -0.790. The second-order valence-corrected chi connectivity index (χ2v) is 6.69. The Bertz CT molecular complexity index is 661. The largest absolute Gasteiger partial charge is 0.491 e. The molecule has 2 aromatic rings. The number of anilines is 1. The average molecular weight is 481 g/mol. The minimum Gasteiger partial charge on any atom is -0.491 e. The van der Waals surface area contributed by atoms with Crippen LogP contribution < -0.4 is 10.1 Å². The summed E-state index contributed by atoms with van der Waals surface area (Å²) in [5, 5.41) is 3.35. The summed E-state index contributed by atoms with van der Waals surface area (Å²) in [5.41, 5.74) is 1.12. The quantitative estimate of drug-likeness (QED) is 0.599. The van der Waals surface area contributed by atoms with Crippen LogP contribution in [-0.2, 0) is 0 Å². The lowest BCUT2D eigenvalue weighted by Crippen LogP contribution is -2.13. The molecule has 6 heteroatoms. The molecule has 0 aliphatic rings. The SMILES string of the molecule is CCOc1c(Br)cc(Cl)cc1NC(=O)c1ccc(I)cc1.